The molecule has 0 aromatic heterocycles. The summed E-state index contributed by atoms with van der Waals surface area (Å²) in [5.74, 6) is 0.533. The number of ether oxygens (including phenoxy) is 1. The number of urea groups is 1. The average Bonchev–Trinajstić information content (AvgIpc) is 3.03. The molecule has 146 valence electrons. The van der Waals surface area contributed by atoms with Gasteiger partial charge in [0.25, 0.3) is 5.91 Å². The van der Waals surface area contributed by atoms with Crippen LogP contribution in [0.3, 0.4) is 0 Å². The number of benzene rings is 2. The molecule has 1 atom stereocenters. The van der Waals surface area contributed by atoms with Crippen molar-refractivity contribution in [2.24, 2.45) is 0 Å². The van der Waals surface area contributed by atoms with Crippen molar-refractivity contribution in [1.82, 2.24) is 14.5 Å². The molecule has 0 unspecified atom stereocenters. The van der Waals surface area contributed by atoms with E-state index in [1.807, 2.05) is 49.4 Å². The zero-order valence-corrected chi connectivity index (χ0v) is 16.3. The molecule has 0 saturated heterocycles. The van der Waals surface area contributed by atoms with Crippen molar-refractivity contribution in [2.75, 3.05) is 13.2 Å². The molecule has 1 heterocycles. The number of carbonyl (C=O) groups is 3. The first-order valence-electron chi connectivity index (χ1n) is 8.87. The van der Waals surface area contributed by atoms with Crippen molar-refractivity contribution in [3.63, 3.8) is 0 Å². The normalized spacial score (nSPS) is 13.6. The second-order valence-corrected chi connectivity index (χ2v) is 6.73. The molecular formula is C20H21N3O4S. The summed E-state index contributed by atoms with van der Waals surface area (Å²) in [5, 5.41) is 2.75. The van der Waals surface area contributed by atoms with Crippen LogP contribution < -0.4 is 10.1 Å². The summed E-state index contributed by atoms with van der Waals surface area (Å²) in [5.41, 5.74) is 2.34. The highest BCUT2D eigenvalue weighted by Crippen LogP contribution is 2.28. The smallest absolute Gasteiger partial charge is 0.334 e. The minimum atomic E-state index is -0.657. The molecule has 0 bridgehead atoms. The van der Waals surface area contributed by atoms with Crippen molar-refractivity contribution in [1.29, 1.82) is 0 Å². The number of hydrogen-bond donors (Lipinski definition) is 2. The topological polar surface area (TPSA) is 79.0 Å². The number of amides is 4. The minimum absolute atomic E-state index is 0.121. The van der Waals surface area contributed by atoms with Crippen molar-refractivity contribution in [3.05, 3.63) is 65.2 Å². The Balaban J connectivity index is 1.80. The van der Waals surface area contributed by atoms with Gasteiger partial charge in [-0.2, -0.15) is 0 Å². The van der Waals surface area contributed by atoms with Gasteiger partial charge >= 0.3 is 6.03 Å². The monoisotopic (exact) mass is 399 g/mol. The number of hydrogen-bond acceptors (Lipinski definition) is 5. The van der Waals surface area contributed by atoms with Crippen molar-refractivity contribution < 1.29 is 19.1 Å². The van der Waals surface area contributed by atoms with Gasteiger partial charge in [0.15, 0.2) is 0 Å². The molecule has 3 rings (SSSR count). The summed E-state index contributed by atoms with van der Waals surface area (Å²) >= 11 is 3.81. The number of fused-ring (bicyclic) bond motifs is 1. The van der Waals surface area contributed by atoms with Crippen LogP contribution >= 0.6 is 12.8 Å². The van der Waals surface area contributed by atoms with Crippen molar-refractivity contribution in [3.8, 4) is 5.75 Å². The van der Waals surface area contributed by atoms with Gasteiger partial charge in [-0.15, -0.1) is 0 Å². The average molecular weight is 399 g/mol. The van der Waals surface area contributed by atoms with Gasteiger partial charge in [0.05, 0.1) is 12.6 Å². The van der Waals surface area contributed by atoms with E-state index in [4.69, 9.17) is 4.74 Å². The maximum atomic E-state index is 12.9. The lowest BCUT2D eigenvalue weighted by Crippen LogP contribution is -2.41. The standard InChI is InChI=1S/C20H21N3O4S/c1-2-27-16-9-8-15-11-22(19(25)17(15)10-16)12-18(14-6-4-3-5-7-14)21-20(26)23(28)13-24/h3-10,13,18,28H,2,11-12H2,1H3,(H,21,26)/t18-/m0/s1. The fourth-order valence-electron chi connectivity index (χ4n) is 3.15. The van der Waals surface area contributed by atoms with Gasteiger partial charge in [-0.25, -0.2) is 9.10 Å². The lowest BCUT2D eigenvalue weighted by Gasteiger charge is -2.26. The number of nitrogens with one attached hydrogen (secondary N) is 1. The molecule has 28 heavy (non-hydrogen) atoms. The Morgan fingerprint density at radius 1 is 1.32 bits per heavy atom. The Morgan fingerprint density at radius 2 is 2.07 bits per heavy atom. The summed E-state index contributed by atoms with van der Waals surface area (Å²) < 4.78 is 6.11. The van der Waals surface area contributed by atoms with Gasteiger partial charge in [0.1, 0.15) is 5.75 Å². The first-order valence-corrected chi connectivity index (χ1v) is 9.27. The fraction of sp³-hybridized carbons (Fsp3) is 0.250. The number of nitrogens with zero attached hydrogens (tertiary/aromatic N) is 2. The predicted molar refractivity (Wildman–Crippen MR) is 107 cm³/mol. The van der Waals surface area contributed by atoms with E-state index in [0.29, 0.717) is 35.2 Å². The first kappa shape index (κ1) is 19.8. The van der Waals surface area contributed by atoms with Crippen molar-refractivity contribution >= 4 is 31.2 Å². The van der Waals surface area contributed by atoms with Gasteiger partial charge in [0, 0.05) is 18.7 Å². The Kier molecular flexibility index (Phi) is 6.20. The number of thiol groups is 1. The van der Waals surface area contributed by atoms with E-state index in [-0.39, 0.29) is 12.5 Å². The molecule has 0 spiro atoms. The SMILES string of the molecule is CCOc1ccc2c(c1)C(=O)N(C[C@H](NC(=O)N(S)C=O)c1ccccc1)C2. The molecule has 7 nitrogen and oxygen atoms in total. The van der Waals surface area contributed by atoms with Crippen LogP contribution in [-0.4, -0.2) is 40.7 Å². The van der Waals surface area contributed by atoms with E-state index in [2.05, 4.69) is 18.1 Å². The quantitative estimate of drug-likeness (QED) is 0.554. The van der Waals surface area contributed by atoms with Crippen LogP contribution in [0.1, 0.15) is 34.5 Å². The highest BCUT2D eigenvalue weighted by Gasteiger charge is 2.31. The Labute approximate surface area is 168 Å². The van der Waals surface area contributed by atoms with Gasteiger partial charge in [-0.05, 0) is 30.2 Å². The summed E-state index contributed by atoms with van der Waals surface area (Å²) in [4.78, 5) is 37.5. The molecule has 2 aromatic rings. The molecule has 0 aliphatic carbocycles. The van der Waals surface area contributed by atoms with Crippen LogP contribution in [0.15, 0.2) is 48.5 Å². The second kappa shape index (κ2) is 8.79. The maximum absolute atomic E-state index is 12.9. The van der Waals surface area contributed by atoms with Crippen LogP contribution in [0, 0.1) is 0 Å². The molecule has 1 aliphatic heterocycles. The lowest BCUT2D eigenvalue weighted by atomic mass is 10.1. The van der Waals surface area contributed by atoms with E-state index < -0.39 is 12.1 Å². The third-order valence-electron chi connectivity index (χ3n) is 4.48. The van der Waals surface area contributed by atoms with Gasteiger partial charge in [-0.1, -0.05) is 49.2 Å². The van der Waals surface area contributed by atoms with E-state index >= 15 is 0 Å². The molecule has 1 aliphatic rings. The highest BCUT2D eigenvalue weighted by atomic mass is 32.1. The number of carbonyl (C=O) groups excluding carboxylic acids is 3. The van der Waals surface area contributed by atoms with E-state index in [1.54, 1.807) is 11.0 Å². The van der Waals surface area contributed by atoms with Crippen molar-refractivity contribution in [2.45, 2.75) is 19.5 Å². The molecule has 4 amide bonds. The fourth-order valence-corrected chi connectivity index (χ4v) is 3.21. The van der Waals surface area contributed by atoms with Crippen LogP contribution in [0.2, 0.25) is 0 Å². The Hall–Kier alpha value is -3.00. The maximum Gasteiger partial charge on any atom is 0.334 e. The summed E-state index contributed by atoms with van der Waals surface area (Å²) in [6.07, 6.45) is 0.312. The summed E-state index contributed by atoms with van der Waals surface area (Å²) in [6, 6.07) is 13.6. The zero-order valence-electron chi connectivity index (χ0n) is 15.4. The highest BCUT2D eigenvalue weighted by molar-refractivity contribution is 7.78. The molecule has 0 saturated carbocycles. The molecule has 8 heteroatoms. The molecular weight excluding hydrogens is 378 g/mol. The molecule has 0 fully saturated rings. The molecule has 0 radical (unpaired) electrons. The predicted octanol–water partition coefficient (Wildman–Crippen LogP) is 2.80. The van der Waals surface area contributed by atoms with E-state index in [9.17, 15) is 14.4 Å². The van der Waals surface area contributed by atoms with Crippen LogP contribution in [0.4, 0.5) is 4.79 Å². The van der Waals surface area contributed by atoms with Crippen LogP contribution in [0.5, 0.6) is 5.75 Å². The first-order chi connectivity index (χ1) is 13.5. The number of rotatable bonds is 7. The largest absolute Gasteiger partial charge is 0.494 e. The summed E-state index contributed by atoms with van der Waals surface area (Å²) in [6.45, 7) is 3.11. The zero-order chi connectivity index (χ0) is 20.1. The van der Waals surface area contributed by atoms with Gasteiger partial charge in [0.2, 0.25) is 6.41 Å². The van der Waals surface area contributed by atoms with Crippen LogP contribution in [0.25, 0.3) is 0 Å². The third-order valence-corrected chi connectivity index (χ3v) is 4.76. The second-order valence-electron chi connectivity index (χ2n) is 6.30. The van der Waals surface area contributed by atoms with Gasteiger partial charge < -0.3 is 15.0 Å². The minimum Gasteiger partial charge on any atom is -0.494 e. The van der Waals surface area contributed by atoms with Gasteiger partial charge in [-0.3, -0.25) is 9.59 Å². The Bertz CT molecular complexity index is 875. The lowest BCUT2D eigenvalue weighted by molar-refractivity contribution is -0.112. The molecule has 1 N–H and O–H groups in total. The molecule has 2 aromatic carbocycles. The van der Waals surface area contributed by atoms with E-state index in [0.717, 1.165) is 11.1 Å². The third kappa shape index (κ3) is 4.28. The summed E-state index contributed by atoms with van der Waals surface area (Å²) in [7, 11) is 0. The number of imide groups is 1. The van der Waals surface area contributed by atoms with Crippen LogP contribution in [-0.2, 0) is 11.3 Å². The van der Waals surface area contributed by atoms with E-state index in [1.165, 1.54) is 0 Å². The Morgan fingerprint density at radius 3 is 2.75 bits per heavy atom.